The lowest BCUT2D eigenvalue weighted by Gasteiger charge is -2.37. The van der Waals surface area contributed by atoms with Crippen LogP contribution >= 0.6 is 0 Å². The van der Waals surface area contributed by atoms with Gasteiger partial charge in [-0.2, -0.15) is 0 Å². The summed E-state index contributed by atoms with van der Waals surface area (Å²) in [6.07, 6.45) is 7.26. The molecule has 1 heteroatoms. The molecule has 0 aromatic rings. The maximum Gasteiger partial charge on any atom is 0.0750 e. The molecule has 13 heavy (non-hydrogen) atoms. The minimum Gasteiger partial charge on any atom is -0.0654 e. The van der Waals surface area contributed by atoms with Crippen molar-refractivity contribution in [3.8, 4) is 0 Å². The lowest BCUT2D eigenvalue weighted by atomic mass is 9.55. The molecule has 76 valence electrons. The summed E-state index contributed by atoms with van der Waals surface area (Å²) >= 11 is 0. The second-order valence-corrected chi connectivity index (χ2v) is 4.25. The van der Waals surface area contributed by atoms with E-state index in [0.717, 1.165) is 0 Å². The summed E-state index contributed by atoms with van der Waals surface area (Å²) in [6.45, 7) is 9.00. The van der Waals surface area contributed by atoms with E-state index in [1.807, 2.05) is 0 Å². The fraction of sp³-hybridized carbons (Fsp3) is 1.00. The van der Waals surface area contributed by atoms with E-state index in [0.29, 0.717) is 5.92 Å². The molecule has 0 N–H and O–H groups in total. The monoisotopic (exact) mass is 180 g/mol. The van der Waals surface area contributed by atoms with E-state index in [4.69, 9.17) is 7.85 Å². The van der Waals surface area contributed by atoms with Crippen molar-refractivity contribution >= 4 is 7.85 Å². The van der Waals surface area contributed by atoms with Crippen LogP contribution in [0.15, 0.2) is 0 Å². The first kappa shape index (κ1) is 13.1. The van der Waals surface area contributed by atoms with Crippen molar-refractivity contribution in [2.75, 3.05) is 0 Å². The highest BCUT2D eigenvalue weighted by molar-refractivity contribution is 6.15. The number of hydrogen-bond acceptors (Lipinski definition) is 0. The predicted molar refractivity (Wildman–Crippen MR) is 62.3 cm³/mol. The largest absolute Gasteiger partial charge is 0.0750 e. The normalized spacial score (nSPS) is 12.4. The molecule has 0 heterocycles. The van der Waals surface area contributed by atoms with Crippen molar-refractivity contribution in [2.24, 2.45) is 5.92 Å². The summed E-state index contributed by atoms with van der Waals surface area (Å²) in [5.41, 5.74) is 0. The van der Waals surface area contributed by atoms with Gasteiger partial charge in [0.05, 0.1) is 7.85 Å². The lowest BCUT2D eigenvalue weighted by molar-refractivity contribution is 0.294. The van der Waals surface area contributed by atoms with Gasteiger partial charge in [0.25, 0.3) is 0 Å². The molecule has 0 aliphatic heterocycles. The molecule has 0 aliphatic rings. The topological polar surface area (TPSA) is 0 Å². The second kappa shape index (κ2) is 6.51. The predicted octanol–water partition coefficient (Wildman–Crippen LogP) is 4.35. The summed E-state index contributed by atoms with van der Waals surface area (Å²) in [5, 5.41) is 0.118. The maximum atomic E-state index is 6.48. The van der Waals surface area contributed by atoms with Gasteiger partial charge in [0.1, 0.15) is 0 Å². The highest BCUT2D eigenvalue weighted by Gasteiger charge is 2.29. The summed E-state index contributed by atoms with van der Waals surface area (Å²) < 4.78 is 0. The molecule has 0 bridgehead atoms. The van der Waals surface area contributed by atoms with Crippen molar-refractivity contribution in [3.05, 3.63) is 0 Å². The molecule has 0 saturated carbocycles. The smallest absolute Gasteiger partial charge is 0.0654 e. The summed E-state index contributed by atoms with van der Waals surface area (Å²) in [4.78, 5) is 0. The Labute approximate surface area is 85.9 Å². The fourth-order valence-corrected chi connectivity index (χ4v) is 2.57. The molecule has 0 fully saturated rings. The molecule has 0 rings (SSSR count). The van der Waals surface area contributed by atoms with E-state index in [-0.39, 0.29) is 5.31 Å². The third-order valence-corrected chi connectivity index (χ3v) is 3.23. The Bertz CT molecular complexity index is 110. The van der Waals surface area contributed by atoms with Crippen LogP contribution in [0.1, 0.15) is 66.2 Å². The molecular formula is C12H25B. The zero-order valence-electron chi connectivity index (χ0n) is 9.90. The Morgan fingerprint density at radius 2 is 1.31 bits per heavy atom. The molecule has 0 aromatic heterocycles. The van der Waals surface area contributed by atoms with Crippen LogP contribution < -0.4 is 0 Å². The van der Waals surface area contributed by atoms with Crippen molar-refractivity contribution in [2.45, 2.75) is 71.5 Å². The number of hydrogen-bond donors (Lipinski definition) is 0. The molecule has 0 aliphatic carbocycles. The highest BCUT2D eigenvalue weighted by Crippen LogP contribution is 2.45. The van der Waals surface area contributed by atoms with Gasteiger partial charge in [-0.1, -0.05) is 71.5 Å². The molecule has 2 radical (unpaired) electrons. The van der Waals surface area contributed by atoms with Crippen LogP contribution in [0.2, 0.25) is 5.31 Å². The Morgan fingerprint density at radius 1 is 0.923 bits per heavy atom. The first-order valence-corrected chi connectivity index (χ1v) is 5.93. The van der Waals surface area contributed by atoms with Gasteiger partial charge in [0, 0.05) is 0 Å². The van der Waals surface area contributed by atoms with E-state index in [1.54, 1.807) is 0 Å². The van der Waals surface area contributed by atoms with Crippen LogP contribution in [0.3, 0.4) is 0 Å². The third kappa shape index (κ3) is 3.75. The summed E-state index contributed by atoms with van der Waals surface area (Å²) in [7, 11) is 6.48. The Kier molecular flexibility index (Phi) is 6.54. The van der Waals surface area contributed by atoms with Gasteiger partial charge < -0.3 is 0 Å². The molecule has 0 aromatic carbocycles. The van der Waals surface area contributed by atoms with Gasteiger partial charge in [0.2, 0.25) is 0 Å². The first-order valence-electron chi connectivity index (χ1n) is 5.93. The van der Waals surface area contributed by atoms with Gasteiger partial charge in [-0.05, 0) is 5.92 Å². The summed E-state index contributed by atoms with van der Waals surface area (Å²) in [5.74, 6) is 0.715. The van der Waals surface area contributed by atoms with Crippen LogP contribution in [0.4, 0.5) is 0 Å². The van der Waals surface area contributed by atoms with Crippen LogP contribution in [-0.2, 0) is 0 Å². The Hall–Kier alpha value is 0.0649. The molecule has 0 amide bonds. The maximum absolute atomic E-state index is 6.48. The van der Waals surface area contributed by atoms with E-state index in [2.05, 4.69) is 27.7 Å². The van der Waals surface area contributed by atoms with E-state index in [1.165, 1.54) is 38.5 Å². The van der Waals surface area contributed by atoms with Gasteiger partial charge in [-0.15, -0.1) is 0 Å². The third-order valence-electron chi connectivity index (χ3n) is 3.23. The van der Waals surface area contributed by atoms with Gasteiger partial charge in [0.15, 0.2) is 0 Å². The molecule has 0 saturated heterocycles. The Morgan fingerprint density at radius 3 is 1.54 bits per heavy atom. The van der Waals surface area contributed by atoms with Crippen molar-refractivity contribution in [1.29, 1.82) is 0 Å². The molecule has 0 unspecified atom stereocenters. The molecule has 0 nitrogen and oxygen atoms in total. The first-order chi connectivity index (χ1) is 6.14. The minimum atomic E-state index is 0.118. The Balaban J connectivity index is 4.33. The highest BCUT2D eigenvalue weighted by atomic mass is 14.3. The molecule has 0 spiro atoms. The quantitative estimate of drug-likeness (QED) is 0.511. The van der Waals surface area contributed by atoms with Crippen molar-refractivity contribution in [3.63, 3.8) is 0 Å². The SMILES string of the molecule is [B]C(CCC)(CCC)C(CC)CC. The van der Waals surface area contributed by atoms with E-state index in [9.17, 15) is 0 Å². The van der Waals surface area contributed by atoms with Crippen molar-refractivity contribution < 1.29 is 0 Å². The van der Waals surface area contributed by atoms with Gasteiger partial charge >= 0.3 is 0 Å². The second-order valence-electron chi connectivity index (χ2n) is 4.25. The lowest BCUT2D eigenvalue weighted by Crippen LogP contribution is -2.23. The zero-order chi connectivity index (χ0) is 10.3. The van der Waals surface area contributed by atoms with E-state index >= 15 is 0 Å². The van der Waals surface area contributed by atoms with Crippen LogP contribution in [0.5, 0.6) is 0 Å². The number of rotatable bonds is 7. The van der Waals surface area contributed by atoms with Crippen molar-refractivity contribution in [1.82, 2.24) is 0 Å². The standard InChI is InChI=1S/C12H25B/c1-5-9-12(13,10-6-2)11(7-3)8-4/h11H,5-10H2,1-4H3. The minimum absolute atomic E-state index is 0.118. The summed E-state index contributed by atoms with van der Waals surface area (Å²) in [6, 6.07) is 0. The van der Waals surface area contributed by atoms with Crippen LogP contribution in [0, 0.1) is 5.92 Å². The average molecular weight is 180 g/mol. The molecular weight excluding hydrogens is 155 g/mol. The van der Waals surface area contributed by atoms with Gasteiger partial charge in [-0.3, -0.25) is 0 Å². The average Bonchev–Trinajstić information content (AvgIpc) is 2.07. The van der Waals surface area contributed by atoms with E-state index < -0.39 is 0 Å². The van der Waals surface area contributed by atoms with Crippen LogP contribution in [0.25, 0.3) is 0 Å². The van der Waals surface area contributed by atoms with Gasteiger partial charge in [-0.25, -0.2) is 0 Å². The molecule has 0 atom stereocenters. The zero-order valence-corrected chi connectivity index (χ0v) is 9.90. The van der Waals surface area contributed by atoms with Crippen LogP contribution in [-0.4, -0.2) is 7.85 Å². The fourth-order valence-electron chi connectivity index (χ4n) is 2.57.